The number of hydrogen-bond donors (Lipinski definition) is 1. The van der Waals surface area contributed by atoms with E-state index in [0.29, 0.717) is 18.0 Å². The summed E-state index contributed by atoms with van der Waals surface area (Å²) in [5, 5.41) is 0. The zero-order chi connectivity index (χ0) is 14.8. The van der Waals surface area contributed by atoms with Gasteiger partial charge in [-0.1, -0.05) is 0 Å². The molecule has 0 saturated heterocycles. The molecule has 3 rings (SSSR count). The lowest BCUT2D eigenvalue weighted by Crippen LogP contribution is -1.94. The number of nitrogen functional groups attached to an aromatic ring is 1. The second kappa shape index (κ2) is 5.36. The largest absolute Gasteiger partial charge is 0.495 e. The molecule has 0 radical (unpaired) electrons. The Balaban J connectivity index is 2.08. The Morgan fingerprint density at radius 1 is 1.24 bits per heavy atom. The first kappa shape index (κ1) is 13.3. The van der Waals surface area contributed by atoms with Gasteiger partial charge in [-0.3, -0.25) is 0 Å². The number of nitrogens with two attached hydrogens (primary N) is 1. The van der Waals surface area contributed by atoms with Gasteiger partial charge in [0.2, 0.25) is 0 Å². The van der Waals surface area contributed by atoms with E-state index in [4.69, 9.17) is 15.2 Å². The molecular weight excluding hydrogens is 266 g/mol. The van der Waals surface area contributed by atoms with Crippen molar-refractivity contribution >= 4 is 11.3 Å². The Kier molecular flexibility index (Phi) is 3.39. The average Bonchev–Trinajstić information content (AvgIpc) is 2.92. The van der Waals surface area contributed by atoms with Crippen LogP contribution >= 0.6 is 0 Å². The third-order valence-electron chi connectivity index (χ3n) is 3.27. The zero-order valence-electron chi connectivity index (χ0n) is 12.0. The molecule has 0 atom stereocenters. The van der Waals surface area contributed by atoms with Gasteiger partial charge in [0.25, 0.3) is 0 Å². The van der Waals surface area contributed by atoms with E-state index in [9.17, 15) is 0 Å². The van der Waals surface area contributed by atoms with Crippen molar-refractivity contribution in [2.75, 3.05) is 19.5 Å². The third-order valence-corrected chi connectivity index (χ3v) is 3.27. The van der Waals surface area contributed by atoms with Gasteiger partial charge in [-0.25, -0.2) is 4.98 Å². The second-order valence-electron chi connectivity index (χ2n) is 4.62. The molecular formula is C16H17N3O2. The summed E-state index contributed by atoms with van der Waals surface area (Å²) in [6, 6.07) is 9.50. The number of nitrogens with zero attached hydrogens (tertiary/aromatic N) is 2. The van der Waals surface area contributed by atoms with Crippen LogP contribution in [0.4, 0.5) is 5.69 Å². The van der Waals surface area contributed by atoms with Gasteiger partial charge in [-0.15, -0.1) is 0 Å². The van der Waals surface area contributed by atoms with E-state index in [0.717, 1.165) is 22.7 Å². The summed E-state index contributed by atoms with van der Waals surface area (Å²) in [4.78, 5) is 4.64. The Bertz CT molecular complexity index is 780. The molecule has 2 aromatic heterocycles. The Hall–Kier alpha value is -2.69. The van der Waals surface area contributed by atoms with Crippen molar-refractivity contribution in [2.24, 2.45) is 0 Å². The first-order valence-corrected chi connectivity index (χ1v) is 6.77. The van der Waals surface area contributed by atoms with Crippen molar-refractivity contribution in [3.8, 4) is 22.8 Å². The van der Waals surface area contributed by atoms with Gasteiger partial charge in [0.05, 0.1) is 25.1 Å². The summed E-state index contributed by atoms with van der Waals surface area (Å²) in [6.07, 6.45) is 3.90. The van der Waals surface area contributed by atoms with Gasteiger partial charge >= 0.3 is 0 Å². The van der Waals surface area contributed by atoms with E-state index in [1.165, 1.54) is 0 Å². The number of fused-ring (bicyclic) bond motifs is 1. The topological polar surface area (TPSA) is 61.8 Å². The molecule has 108 valence electrons. The number of methoxy groups -OCH3 is 1. The SMILES string of the molecule is CCOc1cccn2cc(-c3ccc(OC)c(N)c3)nc12. The summed E-state index contributed by atoms with van der Waals surface area (Å²) >= 11 is 0. The second-order valence-corrected chi connectivity index (χ2v) is 4.62. The van der Waals surface area contributed by atoms with E-state index in [1.54, 1.807) is 7.11 Å². The minimum absolute atomic E-state index is 0.595. The highest BCUT2D eigenvalue weighted by atomic mass is 16.5. The van der Waals surface area contributed by atoms with Gasteiger partial charge in [0.1, 0.15) is 5.75 Å². The smallest absolute Gasteiger partial charge is 0.180 e. The molecule has 2 heterocycles. The number of rotatable bonds is 4. The van der Waals surface area contributed by atoms with Gasteiger partial charge in [0, 0.05) is 18.0 Å². The summed E-state index contributed by atoms with van der Waals surface area (Å²) < 4.78 is 12.7. The Labute approximate surface area is 122 Å². The highest BCUT2D eigenvalue weighted by Gasteiger charge is 2.10. The highest BCUT2D eigenvalue weighted by molar-refractivity contribution is 5.71. The number of imidazole rings is 1. The molecule has 0 amide bonds. The van der Waals surface area contributed by atoms with Crippen molar-refractivity contribution in [1.82, 2.24) is 9.38 Å². The van der Waals surface area contributed by atoms with Crippen molar-refractivity contribution in [1.29, 1.82) is 0 Å². The van der Waals surface area contributed by atoms with Crippen molar-refractivity contribution in [2.45, 2.75) is 6.92 Å². The minimum atomic E-state index is 0.595. The molecule has 21 heavy (non-hydrogen) atoms. The van der Waals surface area contributed by atoms with Crippen molar-refractivity contribution in [3.63, 3.8) is 0 Å². The van der Waals surface area contributed by atoms with E-state index in [1.807, 2.05) is 54.0 Å². The number of hydrogen-bond acceptors (Lipinski definition) is 4. The summed E-state index contributed by atoms with van der Waals surface area (Å²) in [7, 11) is 1.60. The van der Waals surface area contributed by atoms with Crippen LogP contribution in [-0.4, -0.2) is 23.1 Å². The van der Waals surface area contributed by atoms with Crippen LogP contribution in [0.25, 0.3) is 16.9 Å². The number of anilines is 1. The number of ether oxygens (including phenoxy) is 2. The molecule has 3 aromatic rings. The van der Waals surface area contributed by atoms with Crippen LogP contribution < -0.4 is 15.2 Å². The van der Waals surface area contributed by atoms with Crippen LogP contribution in [0.15, 0.2) is 42.7 Å². The monoisotopic (exact) mass is 283 g/mol. The minimum Gasteiger partial charge on any atom is -0.495 e. The molecule has 2 N–H and O–H groups in total. The van der Waals surface area contributed by atoms with Gasteiger partial charge in [-0.2, -0.15) is 0 Å². The predicted octanol–water partition coefficient (Wildman–Crippen LogP) is 2.99. The lowest BCUT2D eigenvalue weighted by molar-refractivity contribution is 0.342. The molecule has 1 aromatic carbocycles. The maximum atomic E-state index is 5.96. The Morgan fingerprint density at radius 2 is 2.10 bits per heavy atom. The lowest BCUT2D eigenvalue weighted by atomic mass is 10.1. The standard InChI is InChI=1S/C16H17N3O2/c1-3-21-15-5-4-8-19-10-13(18-16(15)19)11-6-7-14(20-2)12(17)9-11/h4-10H,3,17H2,1-2H3. The maximum absolute atomic E-state index is 5.96. The van der Waals surface area contributed by atoms with E-state index < -0.39 is 0 Å². The molecule has 0 spiro atoms. The molecule has 0 unspecified atom stereocenters. The fourth-order valence-electron chi connectivity index (χ4n) is 2.29. The molecule has 0 fully saturated rings. The van der Waals surface area contributed by atoms with Gasteiger partial charge in [-0.05, 0) is 37.3 Å². The fourth-order valence-corrected chi connectivity index (χ4v) is 2.29. The average molecular weight is 283 g/mol. The summed E-state index contributed by atoms with van der Waals surface area (Å²) in [5.41, 5.74) is 9.13. The van der Waals surface area contributed by atoms with Crippen LogP contribution in [-0.2, 0) is 0 Å². The lowest BCUT2D eigenvalue weighted by Gasteiger charge is -2.05. The van der Waals surface area contributed by atoms with Crippen LogP contribution in [0.2, 0.25) is 0 Å². The van der Waals surface area contributed by atoms with Gasteiger partial charge in [0.15, 0.2) is 11.4 Å². The maximum Gasteiger partial charge on any atom is 0.180 e. The van der Waals surface area contributed by atoms with Crippen LogP contribution in [0.5, 0.6) is 11.5 Å². The van der Waals surface area contributed by atoms with Crippen LogP contribution in [0, 0.1) is 0 Å². The molecule has 0 saturated carbocycles. The molecule has 5 nitrogen and oxygen atoms in total. The number of pyridine rings is 1. The van der Waals surface area contributed by atoms with Gasteiger partial charge < -0.3 is 19.6 Å². The molecule has 5 heteroatoms. The molecule has 0 aliphatic rings. The number of benzene rings is 1. The summed E-state index contributed by atoms with van der Waals surface area (Å²) in [6.45, 7) is 2.56. The zero-order valence-corrected chi connectivity index (χ0v) is 12.0. The predicted molar refractivity (Wildman–Crippen MR) is 82.8 cm³/mol. The quantitative estimate of drug-likeness (QED) is 0.748. The molecule has 0 aliphatic heterocycles. The third kappa shape index (κ3) is 2.38. The van der Waals surface area contributed by atoms with E-state index in [-0.39, 0.29) is 0 Å². The highest BCUT2D eigenvalue weighted by Crippen LogP contribution is 2.29. The van der Waals surface area contributed by atoms with E-state index in [2.05, 4.69) is 4.98 Å². The van der Waals surface area contributed by atoms with E-state index >= 15 is 0 Å². The normalized spacial score (nSPS) is 10.8. The van der Waals surface area contributed by atoms with Crippen molar-refractivity contribution in [3.05, 3.63) is 42.7 Å². The summed E-state index contributed by atoms with van der Waals surface area (Å²) in [5.74, 6) is 1.44. The fraction of sp³-hybridized carbons (Fsp3) is 0.188. The Morgan fingerprint density at radius 3 is 2.81 bits per heavy atom. The first-order valence-electron chi connectivity index (χ1n) is 6.77. The number of aromatic nitrogens is 2. The molecule has 0 aliphatic carbocycles. The first-order chi connectivity index (χ1) is 10.2. The van der Waals surface area contributed by atoms with Crippen LogP contribution in [0.3, 0.4) is 0 Å². The molecule has 0 bridgehead atoms. The van der Waals surface area contributed by atoms with Crippen LogP contribution in [0.1, 0.15) is 6.92 Å². The van der Waals surface area contributed by atoms with Crippen molar-refractivity contribution < 1.29 is 9.47 Å².